The predicted molar refractivity (Wildman–Crippen MR) is 46.7 cm³/mol. The molecule has 1 unspecified atom stereocenters. The molecule has 1 aromatic rings. The van der Waals surface area contributed by atoms with Crippen molar-refractivity contribution in [3.05, 3.63) is 23.8 Å². The van der Waals surface area contributed by atoms with Crippen LogP contribution in [0, 0.1) is 11.3 Å². The quantitative estimate of drug-likeness (QED) is 0.717. The molecule has 1 aromatic carbocycles. The third-order valence-electron chi connectivity index (χ3n) is 2.12. The first-order valence-corrected chi connectivity index (χ1v) is 4.31. The zero-order chi connectivity index (χ0) is 11.1. The Kier molecular flexibility index (Phi) is 2.00. The summed E-state index contributed by atoms with van der Waals surface area (Å²) in [6.07, 6.45) is -3.60. The molecule has 0 aliphatic carbocycles. The normalized spacial score (nSPS) is 18.3. The summed E-state index contributed by atoms with van der Waals surface area (Å²) in [4.78, 5) is 0. The molecule has 0 fully saturated rings. The molecule has 5 heteroatoms. The number of halogens is 2. The fourth-order valence-corrected chi connectivity index (χ4v) is 1.31. The van der Waals surface area contributed by atoms with Gasteiger partial charge in [-0.1, -0.05) is 6.07 Å². The third-order valence-corrected chi connectivity index (χ3v) is 2.12. The molecular formula is C10H7F2NO2. The van der Waals surface area contributed by atoms with Gasteiger partial charge in [0.15, 0.2) is 11.5 Å². The zero-order valence-electron chi connectivity index (χ0n) is 7.83. The molecule has 1 heterocycles. The van der Waals surface area contributed by atoms with Crippen molar-refractivity contribution in [1.29, 1.82) is 5.26 Å². The molecule has 0 bridgehead atoms. The Bertz CT molecular complexity index is 440. The van der Waals surface area contributed by atoms with E-state index in [1.54, 1.807) is 13.0 Å². The minimum Gasteiger partial charge on any atom is -0.395 e. The van der Waals surface area contributed by atoms with Crippen LogP contribution in [0.1, 0.15) is 18.4 Å². The molecule has 0 saturated carbocycles. The summed E-state index contributed by atoms with van der Waals surface area (Å²) in [7, 11) is 0. The van der Waals surface area contributed by atoms with E-state index in [-0.39, 0.29) is 17.4 Å². The van der Waals surface area contributed by atoms with Gasteiger partial charge in [0.2, 0.25) is 0 Å². The standard InChI is InChI=1S/C10H7F2NO2/c1-6(5-13)7-2-3-8-9(4-7)15-10(11,12)14-8/h2-4,6H,1H3. The minimum atomic E-state index is -3.60. The highest BCUT2D eigenvalue weighted by atomic mass is 19.3. The molecule has 1 atom stereocenters. The lowest BCUT2D eigenvalue weighted by Gasteiger charge is -2.04. The number of nitriles is 1. The maximum atomic E-state index is 12.6. The fraction of sp³-hybridized carbons (Fsp3) is 0.300. The third kappa shape index (κ3) is 1.71. The molecule has 0 amide bonds. The monoisotopic (exact) mass is 211 g/mol. The van der Waals surface area contributed by atoms with Gasteiger partial charge < -0.3 is 9.47 Å². The van der Waals surface area contributed by atoms with Gasteiger partial charge in [-0.25, -0.2) is 0 Å². The zero-order valence-corrected chi connectivity index (χ0v) is 7.83. The second-order valence-corrected chi connectivity index (χ2v) is 3.22. The fourth-order valence-electron chi connectivity index (χ4n) is 1.31. The van der Waals surface area contributed by atoms with Crippen molar-refractivity contribution in [2.75, 3.05) is 0 Å². The van der Waals surface area contributed by atoms with Gasteiger partial charge in [-0.05, 0) is 24.6 Å². The second-order valence-electron chi connectivity index (χ2n) is 3.22. The van der Waals surface area contributed by atoms with E-state index < -0.39 is 6.29 Å². The summed E-state index contributed by atoms with van der Waals surface area (Å²) in [6, 6.07) is 6.34. The molecule has 78 valence electrons. The molecule has 0 spiro atoms. The highest BCUT2D eigenvalue weighted by Gasteiger charge is 2.43. The summed E-state index contributed by atoms with van der Waals surface area (Å²) in [5, 5.41) is 8.67. The number of alkyl halides is 2. The van der Waals surface area contributed by atoms with Crippen LogP contribution in [0.2, 0.25) is 0 Å². The molecular weight excluding hydrogens is 204 g/mol. The Hall–Kier alpha value is -1.83. The largest absolute Gasteiger partial charge is 0.586 e. The molecule has 3 nitrogen and oxygen atoms in total. The maximum absolute atomic E-state index is 12.6. The molecule has 1 aliphatic heterocycles. The van der Waals surface area contributed by atoms with Crippen LogP contribution in [0.4, 0.5) is 8.78 Å². The number of ether oxygens (including phenoxy) is 2. The van der Waals surface area contributed by atoms with E-state index in [9.17, 15) is 8.78 Å². The average molecular weight is 211 g/mol. The number of benzene rings is 1. The van der Waals surface area contributed by atoms with Crippen LogP contribution in [0.15, 0.2) is 18.2 Å². The smallest absolute Gasteiger partial charge is 0.395 e. The van der Waals surface area contributed by atoms with E-state index in [1.165, 1.54) is 12.1 Å². The highest BCUT2D eigenvalue weighted by Crippen LogP contribution is 2.42. The topological polar surface area (TPSA) is 42.2 Å². The first kappa shape index (κ1) is 9.71. The first-order chi connectivity index (χ1) is 7.02. The van der Waals surface area contributed by atoms with Crippen LogP contribution in [-0.4, -0.2) is 6.29 Å². The van der Waals surface area contributed by atoms with Gasteiger partial charge in [-0.15, -0.1) is 8.78 Å². The van der Waals surface area contributed by atoms with Gasteiger partial charge in [-0.2, -0.15) is 5.26 Å². The summed E-state index contributed by atoms with van der Waals surface area (Å²) in [5.41, 5.74) is 0.623. The van der Waals surface area contributed by atoms with E-state index in [1.807, 2.05) is 6.07 Å². The summed E-state index contributed by atoms with van der Waals surface area (Å²) < 4.78 is 33.8. The molecule has 1 aliphatic rings. The Morgan fingerprint density at radius 2 is 2.00 bits per heavy atom. The van der Waals surface area contributed by atoms with Gasteiger partial charge in [0, 0.05) is 0 Å². The molecule has 0 aromatic heterocycles. The maximum Gasteiger partial charge on any atom is 0.586 e. The van der Waals surface area contributed by atoms with Gasteiger partial charge >= 0.3 is 6.29 Å². The molecule has 0 N–H and O–H groups in total. The Labute approximate surface area is 84.8 Å². The van der Waals surface area contributed by atoms with Crippen LogP contribution < -0.4 is 9.47 Å². The van der Waals surface area contributed by atoms with Crippen LogP contribution in [0.3, 0.4) is 0 Å². The van der Waals surface area contributed by atoms with Crippen molar-refractivity contribution < 1.29 is 18.3 Å². The number of nitrogens with zero attached hydrogens (tertiary/aromatic N) is 1. The summed E-state index contributed by atoms with van der Waals surface area (Å²) in [5.74, 6) is -0.401. The lowest BCUT2D eigenvalue weighted by atomic mass is 10.0. The molecule has 15 heavy (non-hydrogen) atoms. The Morgan fingerprint density at radius 1 is 1.33 bits per heavy atom. The molecule has 0 saturated heterocycles. The van der Waals surface area contributed by atoms with Crippen molar-refractivity contribution in [2.24, 2.45) is 0 Å². The SMILES string of the molecule is CC(C#N)c1ccc2c(c1)OC(F)(F)O2. The Balaban J connectivity index is 2.35. The lowest BCUT2D eigenvalue weighted by Crippen LogP contribution is -2.25. The van der Waals surface area contributed by atoms with Crippen LogP contribution in [0.5, 0.6) is 11.5 Å². The lowest BCUT2D eigenvalue weighted by molar-refractivity contribution is -0.286. The van der Waals surface area contributed by atoms with Crippen molar-refractivity contribution >= 4 is 0 Å². The van der Waals surface area contributed by atoms with Crippen LogP contribution >= 0.6 is 0 Å². The van der Waals surface area contributed by atoms with Gasteiger partial charge in [0.1, 0.15) is 0 Å². The van der Waals surface area contributed by atoms with E-state index in [0.29, 0.717) is 5.56 Å². The number of hydrogen-bond acceptors (Lipinski definition) is 3. The van der Waals surface area contributed by atoms with E-state index in [2.05, 4.69) is 9.47 Å². The summed E-state index contributed by atoms with van der Waals surface area (Å²) >= 11 is 0. The van der Waals surface area contributed by atoms with Gasteiger partial charge in [0.25, 0.3) is 0 Å². The van der Waals surface area contributed by atoms with Crippen molar-refractivity contribution in [3.63, 3.8) is 0 Å². The predicted octanol–water partition coefficient (Wildman–Crippen LogP) is 2.64. The minimum absolute atomic E-state index is 0.00566. The number of hydrogen-bond donors (Lipinski definition) is 0. The number of fused-ring (bicyclic) bond motifs is 1. The van der Waals surface area contributed by atoms with Gasteiger partial charge in [0.05, 0.1) is 12.0 Å². The van der Waals surface area contributed by atoms with Crippen LogP contribution in [-0.2, 0) is 0 Å². The van der Waals surface area contributed by atoms with E-state index in [0.717, 1.165) is 0 Å². The van der Waals surface area contributed by atoms with Crippen LogP contribution in [0.25, 0.3) is 0 Å². The Morgan fingerprint density at radius 3 is 2.67 bits per heavy atom. The summed E-state index contributed by atoms with van der Waals surface area (Å²) in [6.45, 7) is 1.68. The van der Waals surface area contributed by atoms with Gasteiger partial charge in [-0.3, -0.25) is 0 Å². The van der Waals surface area contributed by atoms with Crippen molar-refractivity contribution in [2.45, 2.75) is 19.1 Å². The molecule has 2 rings (SSSR count). The van der Waals surface area contributed by atoms with Crippen molar-refractivity contribution in [1.82, 2.24) is 0 Å². The average Bonchev–Trinajstić information content (AvgIpc) is 2.49. The highest BCUT2D eigenvalue weighted by molar-refractivity contribution is 5.46. The number of rotatable bonds is 1. The van der Waals surface area contributed by atoms with E-state index >= 15 is 0 Å². The first-order valence-electron chi connectivity index (χ1n) is 4.31. The van der Waals surface area contributed by atoms with Crippen molar-refractivity contribution in [3.8, 4) is 17.6 Å². The second kappa shape index (κ2) is 3.09. The molecule has 0 radical (unpaired) electrons. The van der Waals surface area contributed by atoms with E-state index in [4.69, 9.17) is 5.26 Å².